The number of halogens is 2. The van der Waals surface area contributed by atoms with Gasteiger partial charge in [-0.25, -0.2) is 5.06 Å². The number of allylic oxidation sites excluding steroid dienone is 1. The molecule has 0 bridgehead atoms. The van der Waals surface area contributed by atoms with Gasteiger partial charge in [0.05, 0.1) is 19.6 Å². The van der Waals surface area contributed by atoms with Crippen molar-refractivity contribution in [2.24, 2.45) is 0 Å². The molecule has 0 aliphatic carbocycles. The normalized spacial score (nSPS) is 13.4. The third-order valence-electron chi connectivity index (χ3n) is 1.63. The second-order valence-electron chi connectivity index (χ2n) is 2.71. The van der Waals surface area contributed by atoms with Gasteiger partial charge in [-0.2, -0.15) is 0 Å². The molecule has 0 unspecified atom stereocenters. The fourth-order valence-electron chi connectivity index (χ4n) is 0.839. The Balaban J connectivity index is 4.17. The molecule has 0 fully saturated rings. The molecule has 0 radical (unpaired) electrons. The minimum Gasteiger partial charge on any atom is -0.302 e. The molecule has 0 saturated heterocycles. The van der Waals surface area contributed by atoms with Crippen LogP contribution in [0.3, 0.4) is 0 Å². The molecule has 0 aliphatic heterocycles. The standard InChI is InChI=1S/C8H14I2NO3PS/c1-4-5-7(14-16-15(9)10)6-8(12)11(2)13-3/h4-5,7H,6H2,1-3H3/b5-4+/t7-/m0/s1. The van der Waals surface area contributed by atoms with E-state index in [0.717, 1.165) is 0 Å². The Morgan fingerprint density at radius 2 is 2.25 bits per heavy atom. The van der Waals surface area contributed by atoms with Crippen LogP contribution < -0.4 is 0 Å². The molecule has 16 heavy (non-hydrogen) atoms. The number of hydrogen-bond acceptors (Lipinski definition) is 4. The van der Waals surface area contributed by atoms with E-state index in [9.17, 15) is 4.79 Å². The van der Waals surface area contributed by atoms with Crippen molar-refractivity contribution in [2.75, 3.05) is 14.2 Å². The van der Waals surface area contributed by atoms with Crippen LogP contribution in [0, 0.1) is 0 Å². The first-order valence-corrected chi connectivity index (χ1v) is 12.7. The molecule has 8 heteroatoms. The maximum Gasteiger partial charge on any atom is 0.248 e. The summed E-state index contributed by atoms with van der Waals surface area (Å²) in [5, 5.41) is 1.21. The van der Waals surface area contributed by atoms with Gasteiger partial charge in [-0.1, -0.05) is 12.2 Å². The molecular weight excluding hydrogens is 475 g/mol. The zero-order chi connectivity index (χ0) is 12.6. The van der Waals surface area contributed by atoms with Gasteiger partial charge >= 0.3 is 0 Å². The largest absolute Gasteiger partial charge is 0.302 e. The van der Waals surface area contributed by atoms with Crippen LogP contribution in [0.4, 0.5) is 0 Å². The van der Waals surface area contributed by atoms with Crippen molar-refractivity contribution in [3.63, 3.8) is 0 Å². The van der Waals surface area contributed by atoms with Gasteiger partial charge in [0.15, 0.2) is 0 Å². The average Bonchev–Trinajstić information content (AvgIpc) is 2.24. The molecule has 0 aromatic rings. The molecule has 1 atom stereocenters. The number of nitrogens with zero attached hydrogens (tertiary/aromatic N) is 1. The monoisotopic (exact) mass is 489 g/mol. The summed E-state index contributed by atoms with van der Waals surface area (Å²) < 4.78 is 5.31. The third kappa shape index (κ3) is 8.46. The summed E-state index contributed by atoms with van der Waals surface area (Å²) in [4.78, 5) is 16.4. The highest BCUT2D eigenvalue weighted by molar-refractivity contribution is 14.3. The molecule has 0 N–H and O–H groups in total. The SMILES string of the molecule is C/C=C/[C@@H](CC(=O)N(C)OC)OSP(I)I. The number of carbonyl (C=O) groups is 1. The first-order chi connectivity index (χ1) is 7.51. The van der Waals surface area contributed by atoms with E-state index in [1.54, 1.807) is 7.05 Å². The minimum absolute atomic E-state index is 0.0996. The van der Waals surface area contributed by atoms with Crippen molar-refractivity contribution in [3.8, 4) is 0 Å². The molecule has 0 aliphatic rings. The molecule has 1 amide bonds. The Kier molecular flexibility index (Phi) is 11.2. The Morgan fingerprint density at radius 3 is 2.69 bits per heavy atom. The minimum atomic E-state index is -0.243. The molecule has 0 rings (SSSR count). The highest BCUT2D eigenvalue weighted by Crippen LogP contribution is 2.65. The quantitative estimate of drug-likeness (QED) is 0.178. The maximum absolute atomic E-state index is 11.6. The van der Waals surface area contributed by atoms with Gasteiger partial charge in [0, 0.05) is 18.7 Å². The summed E-state index contributed by atoms with van der Waals surface area (Å²) >= 11 is 6.02. The lowest BCUT2D eigenvalue weighted by atomic mass is 10.2. The third-order valence-corrected chi connectivity index (χ3v) is 5.57. The summed E-state index contributed by atoms with van der Waals surface area (Å²) in [7, 11) is 3.05. The van der Waals surface area contributed by atoms with Gasteiger partial charge in [-0.15, -0.1) is 0 Å². The fourth-order valence-corrected chi connectivity index (χ4v) is 3.34. The van der Waals surface area contributed by atoms with Crippen molar-refractivity contribution in [1.29, 1.82) is 0 Å². The summed E-state index contributed by atoms with van der Waals surface area (Å²) in [5.41, 5.74) is 0. The van der Waals surface area contributed by atoms with E-state index in [1.165, 1.54) is 23.8 Å². The number of hydrogen-bond donors (Lipinski definition) is 0. The van der Waals surface area contributed by atoms with Crippen LogP contribution >= 0.6 is 58.2 Å². The summed E-state index contributed by atoms with van der Waals surface area (Å²) in [6, 6.07) is 0. The van der Waals surface area contributed by atoms with E-state index in [4.69, 9.17) is 9.02 Å². The van der Waals surface area contributed by atoms with E-state index in [0.29, 0.717) is 0 Å². The molecule has 0 aromatic heterocycles. The van der Waals surface area contributed by atoms with Gasteiger partial charge in [-0.05, 0) is 51.0 Å². The van der Waals surface area contributed by atoms with E-state index in [1.807, 2.05) is 19.1 Å². The second kappa shape index (κ2) is 10.3. The highest BCUT2D eigenvalue weighted by atomic mass is 127. The molecule has 0 saturated carbocycles. The van der Waals surface area contributed by atoms with Gasteiger partial charge in [0.25, 0.3) is 0 Å². The molecular formula is C8H14I2NO3PS. The highest BCUT2D eigenvalue weighted by Gasteiger charge is 2.16. The Morgan fingerprint density at radius 1 is 1.62 bits per heavy atom. The van der Waals surface area contributed by atoms with Crippen molar-refractivity contribution in [2.45, 2.75) is 19.4 Å². The first kappa shape index (κ1) is 17.4. The zero-order valence-corrected chi connectivity index (χ0v) is 15.2. The summed E-state index contributed by atoms with van der Waals surface area (Å²) in [6.45, 7) is 1.91. The lowest BCUT2D eigenvalue weighted by Gasteiger charge is -2.17. The molecule has 0 aromatic carbocycles. The van der Waals surface area contributed by atoms with Gasteiger partial charge in [0.2, 0.25) is 5.91 Å². The van der Waals surface area contributed by atoms with Gasteiger partial charge in [-0.3, -0.25) is 9.63 Å². The fraction of sp³-hybridized carbons (Fsp3) is 0.625. The van der Waals surface area contributed by atoms with E-state index < -0.39 is 0 Å². The van der Waals surface area contributed by atoms with Crippen molar-refractivity contribution >= 4 is 64.1 Å². The predicted octanol–water partition coefficient (Wildman–Crippen LogP) is 4.10. The predicted molar refractivity (Wildman–Crippen MR) is 86.6 cm³/mol. The molecule has 0 spiro atoms. The van der Waals surface area contributed by atoms with E-state index in [2.05, 4.69) is 44.1 Å². The smallest absolute Gasteiger partial charge is 0.248 e. The van der Waals surface area contributed by atoms with Crippen LogP contribution in [0.5, 0.6) is 0 Å². The van der Waals surface area contributed by atoms with Crippen LogP contribution in [-0.4, -0.2) is 31.2 Å². The molecule has 4 nitrogen and oxygen atoms in total. The van der Waals surface area contributed by atoms with Crippen LogP contribution in [0.1, 0.15) is 13.3 Å². The zero-order valence-electron chi connectivity index (χ0n) is 9.22. The average molecular weight is 489 g/mol. The van der Waals surface area contributed by atoms with Crippen LogP contribution in [0.25, 0.3) is 0 Å². The summed E-state index contributed by atoms with van der Waals surface area (Å²) in [5.74, 6) is -0.0996. The Labute approximate surface area is 128 Å². The lowest BCUT2D eigenvalue weighted by Crippen LogP contribution is -2.28. The number of carbonyl (C=O) groups excluding carboxylic acids is 1. The number of rotatable bonds is 7. The van der Waals surface area contributed by atoms with E-state index in [-0.39, 0.29) is 20.8 Å². The molecule has 94 valence electrons. The van der Waals surface area contributed by atoms with Crippen LogP contribution in [-0.2, 0) is 13.8 Å². The van der Waals surface area contributed by atoms with Crippen LogP contribution in [0.2, 0.25) is 0 Å². The van der Waals surface area contributed by atoms with Crippen LogP contribution in [0.15, 0.2) is 12.2 Å². The lowest BCUT2D eigenvalue weighted by molar-refractivity contribution is -0.169. The van der Waals surface area contributed by atoms with Crippen molar-refractivity contribution < 1.29 is 13.8 Å². The summed E-state index contributed by atoms with van der Waals surface area (Å²) in [6.07, 6.45) is 3.85. The number of hydroxylamine groups is 2. The number of amides is 1. The van der Waals surface area contributed by atoms with Crippen molar-refractivity contribution in [1.82, 2.24) is 5.06 Å². The second-order valence-corrected chi connectivity index (χ2v) is 20.3. The Hall–Kier alpha value is 1.37. The topological polar surface area (TPSA) is 38.8 Å². The molecule has 0 heterocycles. The Bertz CT molecular complexity index is 243. The van der Waals surface area contributed by atoms with Gasteiger partial charge in [0.1, 0.15) is 2.41 Å². The van der Waals surface area contributed by atoms with Gasteiger partial charge < -0.3 is 4.18 Å². The van der Waals surface area contributed by atoms with E-state index >= 15 is 0 Å². The first-order valence-electron chi connectivity index (χ1n) is 4.39. The van der Waals surface area contributed by atoms with Crippen molar-refractivity contribution in [3.05, 3.63) is 12.2 Å². The maximum atomic E-state index is 11.6.